The van der Waals surface area contributed by atoms with Crippen LogP contribution in [-0.2, 0) is 20.7 Å². The van der Waals surface area contributed by atoms with Crippen molar-refractivity contribution in [3.8, 4) is 0 Å². The molecule has 1 amide bonds. The van der Waals surface area contributed by atoms with Crippen LogP contribution in [-0.4, -0.2) is 46.1 Å². The molecule has 0 saturated carbocycles. The lowest BCUT2D eigenvalue weighted by Crippen LogP contribution is -2.37. The molecule has 0 fully saturated rings. The normalized spacial score (nSPS) is 12.3. The molecular weight excluding hydrogens is 270 g/mol. The van der Waals surface area contributed by atoms with Gasteiger partial charge in [-0.1, -0.05) is 0 Å². The summed E-state index contributed by atoms with van der Waals surface area (Å²) in [7, 11) is 1.17. The smallest absolute Gasteiger partial charge is 0.336 e. The Morgan fingerprint density at radius 1 is 1.63 bits per heavy atom. The number of fused-ring (bicyclic) bond motifs is 1. The van der Waals surface area contributed by atoms with E-state index in [9.17, 15) is 14.7 Å². The van der Waals surface area contributed by atoms with Gasteiger partial charge in [0.1, 0.15) is 0 Å². The Balaban J connectivity index is 1.84. The van der Waals surface area contributed by atoms with Gasteiger partial charge < -0.3 is 15.2 Å². The molecule has 0 aliphatic heterocycles. The van der Waals surface area contributed by atoms with Crippen molar-refractivity contribution < 1.29 is 19.4 Å². The quantitative estimate of drug-likeness (QED) is 0.728. The van der Waals surface area contributed by atoms with Crippen molar-refractivity contribution in [2.24, 2.45) is 0 Å². The van der Waals surface area contributed by atoms with E-state index in [1.165, 1.54) is 18.4 Å². The Morgan fingerprint density at radius 2 is 2.42 bits per heavy atom. The molecule has 19 heavy (non-hydrogen) atoms. The maximum atomic E-state index is 11.6. The number of hydrogen-bond donors (Lipinski definition) is 2. The van der Waals surface area contributed by atoms with Gasteiger partial charge in [0.15, 0.2) is 11.1 Å². The van der Waals surface area contributed by atoms with Gasteiger partial charge in [-0.2, -0.15) is 0 Å². The number of aliphatic hydroxyl groups is 1. The maximum Gasteiger partial charge on any atom is 0.336 e. The molecule has 102 valence electrons. The van der Waals surface area contributed by atoms with Gasteiger partial charge in [-0.05, 0) is 0 Å². The molecule has 2 aromatic heterocycles. The van der Waals surface area contributed by atoms with E-state index in [2.05, 4.69) is 15.0 Å². The first-order valence-electron chi connectivity index (χ1n) is 5.54. The minimum atomic E-state index is -1.35. The second-order valence-electron chi connectivity index (χ2n) is 3.84. The summed E-state index contributed by atoms with van der Waals surface area (Å²) in [6.45, 7) is -0.173. The summed E-state index contributed by atoms with van der Waals surface area (Å²) in [5.41, 5.74) is 0.636. The number of aromatic nitrogens is 2. The zero-order chi connectivity index (χ0) is 13.8. The number of thiazole rings is 1. The van der Waals surface area contributed by atoms with Crippen molar-refractivity contribution in [3.05, 3.63) is 23.5 Å². The third-order valence-electron chi connectivity index (χ3n) is 2.45. The fourth-order valence-electron chi connectivity index (χ4n) is 1.52. The molecule has 2 rings (SSSR count). The molecule has 0 bridgehead atoms. The predicted octanol–water partition coefficient (Wildman–Crippen LogP) is -0.412. The molecule has 0 radical (unpaired) electrons. The number of nitrogens with zero attached hydrogens (tertiary/aromatic N) is 2. The predicted molar refractivity (Wildman–Crippen MR) is 67.8 cm³/mol. The number of hydrogen-bond acceptors (Lipinski definition) is 6. The number of esters is 1. The van der Waals surface area contributed by atoms with Crippen LogP contribution in [0.15, 0.2) is 17.8 Å². The first kappa shape index (κ1) is 13.5. The number of carbonyl (C=O) groups is 2. The van der Waals surface area contributed by atoms with Gasteiger partial charge in [0.2, 0.25) is 5.91 Å². The molecule has 1 unspecified atom stereocenters. The van der Waals surface area contributed by atoms with E-state index in [1.807, 2.05) is 16.0 Å². The van der Waals surface area contributed by atoms with Gasteiger partial charge >= 0.3 is 5.97 Å². The molecule has 8 heteroatoms. The highest BCUT2D eigenvalue weighted by atomic mass is 32.1. The van der Waals surface area contributed by atoms with Gasteiger partial charge in [-0.15, -0.1) is 11.3 Å². The third-order valence-corrected chi connectivity index (χ3v) is 3.22. The Kier molecular flexibility index (Phi) is 4.13. The summed E-state index contributed by atoms with van der Waals surface area (Å²) in [5.74, 6) is -1.09. The van der Waals surface area contributed by atoms with Crippen molar-refractivity contribution in [2.45, 2.75) is 12.5 Å². The van der Waals surface area contributed by atoms with E-state index in [4.69, 9.17) is 0 Å². The van der Waals surface area contributed by atoms with Crippen molar-refractivity contribution in [1.29, 1.82) is 0 Å². The number of amides is 1. The molecule has 0 aliphatic carbocycles. The zero-order valence-electron chi connectivity index (χ0n) is 10.2. The SMILES string of the molecule is COC(=O)C(O)CNC(=O)Cc1cn2ccsc2n1. The monoisotopic (exact) mass is 283 g/mol. The van der Waals surface area contributed by atoms with Crippen LogP contribution in [0.4, 0.5) is 0 Å². The summed E-state index contributed by atoms with van der Waals surface area (Å²) in [6.07, 6.45) is 2.37. The first-order valence-corrected chi connectivity index (χ1v) is 6.42. The van der Waals surface area contributed by atoms with Gasteiger partial charge in [0.05, 0.1) is 25.8 Å². The Bertz CT molecular complexity index is 563. The largest absolute Gasteiger partial charge is 0.467 e. The van der Waals surface area contributed by atoms with E-state index in [-0.39, 0.29) is 18.9 Å². The highest BCUT2D eigenvalue weighted by Gasteiger charge is 2.16. The van der Waals surface area contributed by atoms with Crippen molar-refractivity contribution in [2.75, 3.05) is 13.7 Å². The lowest BCUT2D eigenvalue weighted by molar-refractivity contribution is -0.150. The summed E-state index contributed by atoms with van der Waals surface area (Å²) in [6, 6.07) is 0. The van der Waals surface area contributed by atoms with E-state index in [1.54, 1.807) is 6.20 Å². The third kappa shape index (κ3) is 3.30. The van der Waals surface area contributed by atoms with E-state index in [0.717, 1.165) is 4.96 Å². The number of ether oxygens (including phenoxy) is 1. The fraction of sp³-hybridized carbons (Fsp3) is 0.364. The van der Waals surface area contributed by atoms with Crippen LogP contribution in [0.1, 0.15) is 5.69 Å². The highest BCUT2D eigenvalue weighted by Crippen LogP contribution is 2.11. The molecule has 7 nitrogen and oxygen atoms in total. The van der Waals surface area contributed by atoms with Crippen molar-refractivity contribution >= 4 is 28.2 Å². The van der Waals surface area contributed by atoms with Crippen LogP contribution >= 0.6 is 11.3 Å². The summed E-state index contributed by atoms with van der Waals surface area (Å²) in [4.78, 5) is 27.6. The number of carbonyl (C=O) groups excluding carboxylic acids is 2. The molecule has 0 saturated heterocycles. The summed E-state index contributed by atoms with van der Waals surface area (Å²) >= 11 is 1.48. The van der Waals surface area contributed by atoms with E-state index in [0.29, 0.717) is 5.69 Å². The zero-order valence-corrected chi connectivity index (χ0v) is 11.0. The van der Waals surface area contributed by atoms with Crippen LogP contribution < -0.4 is 5.32 Å². The van der Waals surface area contributed by atoms with Crippen LogP contribution in [0.3, 0.4) is 0 Å². The Morgan fingerprint density at radius 3 is 3.11 bits per heavy atom. The number of nitrogens with one attached hydrogen (secondary N) is 1. The van der Waals surface area contributed by atoms with Crippen LogP contribution in [0.5, 0.6) is 0 Å². The molecule has 0 aliphatic rings. The van der Waals surface area contributed by atoms with E-state index >= 15 is 0 Å². The average molecular weight is 283 g/mol. The van der Waals surface area contributed by atoms with Crippen LogP contribution in [0.25, 0.3) is 4.96 Å². The molecule has 2 aromatic rings. The molecule has 1 atom stereocenters. The number of rotatable bonds is 5. The molecule has 0 spiro atoms. The Hall–Kier alpha value is -1.93. The van der Waals surface area contributed by atoms with Crippen LogP contribution in [0.2, 0.25) is 0 Å². The molecule has 2 N–H and O–H groups in total. The van der Waals surface area contributed by atoms with E-state index < -0.39 is 12.1 Å². The lowest BCUT2D eigenvalue weighted by Gasteiger charge is -2.08. The van der Waals surface area contributed by atoms with Gasteiger partial charge in [-0.3, -0.25) is 9.20 Å². The standard InChI is InChI=1S/C11H13N3O4S/c1-18-10(17)8(15)5-12-9(16)4-7-6-14-2-3-19-11(14)13-7/h2-3,6,8,15H,4-5H2,1H3,(H,12,16). The average Bonchev–Trinajstić information content (AvgIpc) is 2.95. The second kappa shape index (κ2) is 5.81. The van der Waals surface area contributed by atoms with Crippen molar-refractivity contribution in [1.82, 2.24) is 14.7 Å². The number of methoxy groups -OCH3 is 1. The van der Waals surface area contributed by atoms with Gasteiger partial charge in [0.25, 0.3) is 0 Å². The van der Waals surface area contributed by atoms with Crippen molar-refractivity contribution in [3.63, 3.8) is 0 Å². The molecular formula is C11H13N3O4S. The maximum absolute atomic E-state index is 11.6. The minimum absolute atomic E-state index is 0.0995. The van der Waals surface area contributed by atoms with Gasteiger partial charge in [0, 0.05) is 17.8 Å². The van der Waals surface area contributed by atoms with Gasteiger partial charge in [-0.25, -0.2) is 9.78 Å². The summed E-state index contributed by atoms with van der Waals surface area (Å²) in [5, 5.41) is 13.7. The second-order valence-corrected chi connectivity index (χ2v) is 4.72. The highest BCUT2D eigenvalue weighted by molar-refractivity contribution is 7.15. The lowest BCUT2D eigenvalue weighted by atomic mass is 10.3. The molecule has 0 aromatic carbocycles. The Labute approximate surface area is 112 Å². The van der Waals surface area contributed by atoms with Crippen LogP contribution in [0, 0.1) is 0 Å². The molecule has 2 heterocycles. The topological polar surface area (TPSA) is 92.9 Å². The fourth-order valence-corrected chi connectivity index (χ4v) is 2.24. The number of aliphatic hydroxyl groups excluding tert-OH is 1. The first-order chi connectivity index (χ1) is 9.10. The minimum Gasteiger partial charge on any atom is -0.467 e. The summed E-state index contributed by atoms with van der Waals surface area (Å²) < 4.78 is 6.17. The number of imidazole rings is 1.